The van der Waals surface area contributed by atoms with Crippen molar-refractivity contribution in [1.29, 1.82) is 0 Å². The largest absolute Gasteiger partial charge is 0.355 e. The van der Waals surface area contributed by atoms with E-state index in [2.05, 4.69) is 16.0 Å². The molecule has 1 saturated carbocycles. The van der Waals surface area contributed by atoms with Gasteiger partial charge in [-0.05, 0) is 32.2 Å². The van der Waals surface area contributed by atoms with Crippen LogP contribution in [0, 0.1) is 0 Å². The lowest BCUT2D eigenvalue weighted by molar-refractivity contribution is -0.126. The highest BCUT2D eigenvalue weighted by molar-refractivity contribution is 5.85. The molecule has 0 unspecified atom stereocenters. The van der Waals surface area contributed by atoms with Gasteiger partial charge in [-0.1, -0.05) is 25.7 Å². The van der Waals surface area contributed by atoms with Crippen LogP contribution in [0.3, 0.4) is 0 Å². The minimum absolute atomic E-state index is 0. The lowest BCUT2D eigenvalue weighted by Crippen LogP contribution is -2.38. The lowest BCUT2D eigenvalue weighted by Gasteiger charge is -2.16. The molecule has 1 aliphatic heterocycles. The first-order valence-corrected chi connectivity index (χ1v) is 8.53. The Morgan fingerprint density at radius 3 is 2.23 bits per heavy atom. The second kappa shape index (κ2) is 10.8. The van der Waals surface area contributed by atoms with Crippen molar-refractivity contribution >= 4 is 24.2 Å². The van der Waals surface area contributed by atoms with Gasteiger partial charge in [0, 0.05) is 31.5 Å². The molecule has 0 spiro atoms. The molecule has 2 aliphatic rings. The van der Waals surface area contributed by atoms with Gasteiger partial charge in [0.1, 0.15) is 0 Å². The Bertz CT molecular complexity index is 338. The molecule has 1 aliphatic carbocycles. The van der Waals surface area contributed by atoms with Crippen LogP contribution in [-0.4, -0.2) is 37.0 Å². The Labute approximate surface area is 139 Å². The maximum absolute atomic E-state index is 11.9. The first-order chi connectivity index (χ1) is 10.2. The van der Waals surface area contributed by atoms with E-state index in [0.717, 1.165) is 25.8 Å². The van der Waals surface area contributed by atoms with Crippen LogP contribution >= 0.6 is 12.4 Å². The van der Waals surface area contributed by atoms with Gasteiger partial charge in [0.05, 0.1) is 0 Å². The quantitative estimate of drug-likeness (QED) is 0.651. The number of rotatable bonds is 6. The minimum Gasteiger partial charge on any atom is -0.355 e. The van der Waals surface area contributed by atoms with E-state index in [9.17, 15) is 9.59 Å². The number of hydrogen-bond acceptors (Lipinski definition) is 3. The molecule has 1 heterocycles. The fraction of sp³-hybridized carbons (Fsp3) is 0.875. The fourth-order valence-electron chi connectivity index (χ4n) is 3.21. The lowest BCUT2D eigenvalue weighted by atomic mass is 10.1. The summed E-state index contributed by atoms with van der Waals surface area (Å²) >= 11 is 0. The average molecular weight is 332 g/mol. The molecule has 6 heteroatoms. The van der Waals surface area contributed by atoms with Gasteiger partial charge in [0.25, 0.3) is 0 Å². The summed E-state index contributed by atoms with van der Waals surface area (Å²) < 4.78 is 0. The van der Waals surface area contributed by atoms with Gasteiger partial charge < -0.3 is 16.0 Å². The third-order valence-corrected chi connectivity index (χ3v) is 4.51. The van der Waals surface area contributed by atoms with Crippen molar-refractivity contribution in [3.8, 4) is 0 Å². The summed E-state index contributed by atoms with van der Waals surface area (Å²) in [5.74, 6) is 0.00996. The molecular formula is C16H30ClN3O2. The Hall–Kier alpha value is -0.810. The molecule has 2 fully saturated rings. The SMILES string of the molecule is Cl.O=C(CCC(=O)NC1CCCCCC1)NC[C@@H]1CCCN1. The fourth-order valence-corrected chi connectivity index (χ4v) is 3.21. The van der Waals surface area contributed by atoms with E-state index >= 15 is 0 Å². The van der Waals surface area contributed by atoms with E-state index in [1.807, 2.05) is 0 Å². The summed E-state index contributed by atoms with van der Waals surface area (Å²) in [5, 5.41) is 9.34. The molecule has 5 nitrogen and oxygen atoms in total. The zero-order valence-electron chi connectivity index (χ0n) is 13.4. The standard InChI is InChI=1S/C16H29N3O2.ClH/c20-15(18-12-14-8-5-11-17-14)9-10-16(21)19-13-6-3-1-2-4-7-13;/h13-14,17H,1-12H2,(H,18,20)(H,19,21);1H/t14-;/m0./s1. The predicted molar refractivity (Wildman–Crippen MR) is 90.1 cm³/mol. The highest BCUT2D eigenvalue weighted by atomic mass is 35.5. The summed E-state index contributed by atoms with van der Waals surface area (Å²) in [6.45, 7) is 1.73. The maximum Gasteiger partial charge on any atom is 0.220 e. The summed E-state index contributed by atoms with van der Waals surface area (Å²) in [4.78, 5) is 23.6. The van der Waals surface area contributed by atoms with Gasteiger partial charge in [-0.3, -0.25) is 9.59 Å². The summed E-state index contributed by atoms with van der Waals surface area (Å²) in [5.41, 5.74) is 0. The van der Waals surface area contributed by atoms with Crippen molar-refractivity contribution in [1.82, 2.24) is 16.0 Å². The van der Waals surface area contributed by atoms with E-state index in [0.29, 0.717) is 31.5 Å². The van der Waals surface area contributed by atoms with E-state index in [4.69, 9.17) is 0 Å². The second-order valence-corrected chi connectivity index (χ2v) is 6.35. The molecule has 2 amide bonds. The zero-order chi connectivity index (χ0) is 14.9. The molecule has 128 valence electrons. The Morgan fingerprint density at radius 2 is 1.59 bits per heavy atom. The highest BCUT2D eigenvalue weighted by Crippen LogP contribution is 2.17. The van der Waals surface area contributed by atoms with E-state index in [-0.39, 0.29) is 24.2 Å². The minimum atomic E-state index is -0.0142. The normalized spacial score (nSPS) is 22.5. The van der Waals surface area contributed by atoms with Gasteiger partial charge in [-0.15, -0.1) is 12.4 Å². The number of amides is 2. The first-order valence-electron chi connectivity index (χ1n) is 8.53. The van der Waals surface area contributed by atoms with Crippen LogP contribution < -0.4 is 16.0 Å². The van der Waals surface area contributed by atoms with Crippen molar-refractivity contribution in [2.75, 3.05) is 13.1 Å². The smallest absolute Gasteiger partial charge is 0.220 e. The van der Waals surface area contributed by atoms with Gasteiger partial charge in [0.15, 0.2) is 0 Å². The Balaban J connectivity index is 0.00000242. The third-order valence-electron chi connectivity index (χ3n) is 4.51. The summed E-state index contributed by atoms with van der Waals surface area (Å²) in [6.07, 6.45) is 10.1. The van der Waals surface area contributed by atoms with Crippen molar-refractivity contribution in [2.24, 2.45) is 0 Å². The van der Waals surface area contributed by atoms with Crippen LogP contribution in [0.25, 0.3) is 0 Å². The number of nitrogens with one attached hydrogen (secondary N) is 3. The van der Waals surface area contributed by atoms with E-state index in [1.54, 1.807) is 0 Å². The van der Waals surface area contributed by atoms with Gasteiger partial charge in [0.2, 0.25) is 11.8 Å². The molecule has 1 saturated heterocycles. The number of hydrogen-bond donors (Lipinski definition) is 3. The van der Waals surface area contributed by atoms with Crippen molar-refractivity contribution in [2.45, 2.75) is 76.3 Å². The van der Waals surface area contributed by atoms with Crippen LogP contribution in [0.2, 0.25) is 0 Å². The average Bonchev–Trinajstić information content (AvgIpc) is 2.87. The van der Waals surface area contributed by atoms with Gasteiger partial charge >= 0.3 is 0 Å². The molecule has 0 bridgehead atoms. The van der Waals surface area contributed by atoms with Crippen molar-refractivity contribution < 1.29 is 9.59 Å². The molecule has 3 N–H and O–H groups in total. The Kier molecular flexibility index (Phi) is 9.48. The predicted octanol–water partition coefficient (Wildman–Crippen LogP) is 1.90. The van der Waals surface area contributed by atoms with Crippen molar-refractivity contribution in [3.63, 3.8) is 0 Å². The van der Waals surface area contributed by atoms with E-state index < -0.39 is 0 Å². The maximum atomic E-state index is 11.9. The number of carbonyl (C=O) groups excluding carboxylic acids is 2. The van der Waals surface area contributed by atoms with Gasteiger partial charge in [-0.2, -0.15) is 0 Å². The molecule has 1 atom stereocenters. The van der Waals surface area contributed by atoms with Crippen LogP contribution in [0.1, 0.15) is 64.2 Å². The molecule has 0 radical (unpaired) electrons. The summed E-state index contributed by atoms with van der Waals surface area (Å²) in [7, 11) is 0. The monoisotopic (exact) mass is 331 g/mol. The Morgan fingerprint density at radius 1 is 0.909 bits per heavy atom. The van der Waals surface area contributed by atoms with Crippen LogP contribution in [0.4, 0.5) is 0 Å². The molecule has 0 aromatic carbocycles. The van der Waals surface area contributed by atoms with Crippen LogP contribution in [0.5, 0.6) is 0 Å². The molecule has 0 aromatic heterocycles. The molecule has 0 aromatic rings. The van der Waals surface area contributed by atoms with Gasteiger partial charge in [-0.25, -0.2) is 0 Å². The molecule has 2 rings (SSSR count). The van der Waals surface area contributed by atoms with Crippen molar-refractivity contribution in [3.05, 3.63) is 0 Å². The number of halogens is 1. The second-order valence-electron chi connectivity index (χ2n) is 6.35. The molecular weight excluding hydrogens is 302 g/mol. The van der Waals surface area contributed by atoms with E-state index in [1.165, 1.54) is 32.1 Å². The highest BCUT2D eigenvalue weighted by Gasteiger charge is 2.17. The van der Waals surface area contributed by atoms with Crippen LogP contribution in [0.15, 0.2) is 0 Å². The number of carbonyl (C=O) groups is 2. The zero-order valence-corrected chi connectivity index (χ0v) is 14.2. The third kappa shape index (κ3) is 7.45. The first kappa shape index (κ1) is 19.2. The summed E-state index contributed by atoms with van der Waals surface area (Å²) in [6, 6.07) is 0.736. The molecule has 22 heavy (non-hydrogen) atoms. The van der Waals surface area contributed by atoms with Crippen LogP contribution in [-0.2, 0) is 9.59 Å². The topological polar surface area (TPSA) is 70.2 Å².